The van der Waals surface area contributed by atoms with Crippen molar-refractivity contribution in [3.63, 3.8) is 0 Å². The molecule has 3 rings (SSSR count). The molecule has 0 unspecified atom stereocenters. The van der Waals surface area contributed by atoms with Crippen LogP contribution in [0.3, 0.4) is 0 Å². The van der Waals surface area contributed by atoms with Crippen molar-refractivity contribution in [3.8, 4) is 0 Å². The number of hydrogen-bond acceptors (Lipinski definition) is 3. The fraction of sp³-hybridized carbons (Fsp3) is 0.400. The molecular weight excluding hydrogens is 200 g/mol. The first kappa shape index (κ1) is 8.29. The Morgan fingerprint density at radius 3 is 2.79 bits per heavy atom. The van der Waals surface area contributed by atoms with Gasteiger partial charge in [0, 0.05) is 17.2 Å². The highest BCUT2D eigenvalue weighted by atomic mass is 32.2. The van der Waals surface area contributed by atoms with E-state index in [4.69, 9.17) is 4.42 Å². The van der Waals surface area contributed by atoms with Crippen LogP contribution in [0.5, 0.6) is 0 Å². The van der Waals surface area contributed by atoms with E-state index in [0.29, 0.717) is 16.4 Å². The van der Waals surface area contributed by atoms with Crippen molar-refractivity contribution in [2.24, 2.45) is 0 Å². The smallest absolute Gasteiger partial charge is 0.186 e. The molecule has 14 heavy (non-hydrogen) atoms. The molecule has 0 radical (unpaired) electrons. The van der Waals surface area contributed by atoms with Gasteiger partial charge in [-0.1, -0.05) is 13.8 Å². The first-order valence-corrected chi connectivity index (χ1v) is 6.26. The van der Waals surface area contributed by atoms with Gasteiger partial charge in [0.2, 0.25) is 0 Å². The van der Waals surface area contributed by atoms with E-state index in [1.54, 1.807) is 6.07 Å². The van der Waals surface area contributed by atoms with E-state index in [1.807, 2.05) is 0 Å². The monoisotopic (exact) mass is 210 g/mol. The lowest BCUT2D eigenvalue weighted by Crippen LogP contribution is -1.96. The van der Waals surface area contributed by atoms with Crippen molar-refractivity contribution in [2.45, 2.75) is 30.4 Å². The second-order valence-electron chi connectivity index (χ2n) is 4.11. The average Bonchev–Trinajstić information content (AvgIpc) is 2.61. The first-order chi connectivity index (χ1) is 6.50. The normalized spacial score (nSPS) is 18.8. The third kappa shape index (κ3) is 0.756. The van der Waals surface area contributed by atoms with Gasteiger partial charge in [-0.25, -0.2) is 8.42 Å². The fourth-order valence-corrected chi connectivity index (χ4v) is 3.82. The zero-order valence-corrected chi connectivity index (χ0v) is 8.81. The average molecular weight is 210 g/mol. The molecule has 1 aliphatic heterocycles. The minimum absolute atomic E-state index is 0.130. The molecule has 0 N–H and O–H groups in total. The highest BCUT2D eigenvalue weighted by molar-refractivity contribution is 7.91. The Bertz CT molecular complexity index is 604. The summed E-state index contributed by atoms with van der Waals surface area (Å²) in [4.78, 5) is 0.395. The van der Waals surface area contributed by atoms with Crippen LogP contribution < -0.4 is 0 Å². The second kappa shape index (κ2) is 2.14. The largest absolute Gasteiger partial charge is 0.455 e. The molecular formula is C10H10O3S. The van der Waals surface area contributed by atoms with Gasteiger partial charge < -0.3 is 4.42 Å². The summed E-state index contributed by atoms with van der Waals surface area (Å²) in [6, 6.07) is 1.66. The molecule has 0 atom stereocenters. The summed E-state index contributed by atoms with van der Waals surface area (Å²) >= 11 is 0. The maximum absolute atomic E-state index is 11.6. The fourth-order valence-electron chi connectivity index (χ4n) is 2.26. The van der Waals surface area contributed by atoms with E-state index >= 15 is 0 Å². The van der Waals surface area contributed by atoms with E-state index < -0.39 is 9.84 Å². The highest BCUT2D eigenvalue weighted by Gasteiger charge is 2.37. The van der Waals surface area contributed by atoms with Crippen molar-refractivity contribution in [3.05, 3.63) is 17.2 Å². The topological polar surface area (TPSA) is 47.3 Å². The van der Waals surface area contributed by atoms with Crippen molar-refractivity contribution in [1.29, 1.82) is 0 Å². The van der Waals surface area contributed by atoms with Gasteiger partial charge in [0.15, 0.2) is 15.4 Å². The molecule has 2 aromatic heterocycles. The summed E-state index contributed by atoms with van der Waals surface area (Å²) in [5, 5.41) is 0. The Kier molecular flexibility index (Phi) is 1.27. The van der Waals surface area contributed by atoms with E-state index in [9.17, 15) is 8.42 Å². The lowest BCUT2D eigenvalue weighted by atomic mass is 9.98. The Morgan fingerprint density at radius 1 is 1.43 bits per heavy atom. The number of fused-ring (bicyclic) bond motifs is 1. The second-order valence-corrected chi connectivity index (χ2v) is 6.07. The van der Waals surface area contributed by atoms with Crippen LogP contribution in [0.15, 0.2) is 15.4 Å². The third-order valence-corrected chi connectivity index (χ3v) is 4.45. The van der Waals surface area contributed by atoms with E-state index in [0.717, 1.165) is 16.7 Å². The van der Waals surface area contributed by atoms with Crippen LogP contribution in [-0.2, 0) is 15.6 Å². The summed E-state index contributed by atoms with van der Waals surface area (Å²) in [6.45, 7) is 4.11. The SMILES string of the molecule is CC(C)c1c2c3oc1cc3S(=O)(=O)C2. The van der Waals surface area contributed by atoms with E-state index in [-0.39, 0.29) is 5.75 Å². The summed E-state index contributed by atoms with van der Waals surface area (Å²) in [7, 11) is -3.08. The summed E-state index contributed by atoms with van der Waals surface area (Å²) in [5.74, 6) is 0.453. The van der Waals surface area contributed by atoms with E-state index in [2.05, 4.69) is 13.8 Å². The minimum Gasteiger partial charge on any atom is -0.455 e. The van der Waals surface area contributed by atoms with Crippen molar-refractivity contribution in [1.82, 2.24) is 0 Å². The van der Waals surface area contributed by atoms with Gasteiger partial charge in [0.05, 0.1) is 5.75 Å². The van der Waals surface area contributed by atoms with Crippen LogP contribution in [0.1, 0.15) is 30.9 Å². The summed E-state index contributed by atoms with van der Waals surface area (Å²) in [5.41, 5.74) is 3.32. The van der Waals surface area contributed by atoms with Crippen LogP contribution >= 0.6 is 0 Å². The van der Waals surface area contributed by atoms with E-state index in [1.165, 1.54) is 0 Å². The minimum atomic E-state index is -3.08. The van der Waals surface area contributed by atoms with Gasteiger partial charge in [-0.05, 0) is 5.92 Å². The van der Waals surface area contributed by atoms with Crippen LogP contribution in [-0.4, -0.2) is 8.42 Å². The van der Waals surface area contributed by atoms with Crippen molar-refractivity contribution < 1.29 is 12.8 Å². The summed E-state index contributed by atoms with van der Waals surface area (Å²) < 4.78 is 28.7. The molecule has 0 aliphatic carbocycles. The predicted octanol–water partition coefficient (Wildman–Crippen LogP) is 2.28. The molecule has 0 amide bonds. The first-order valence-electron chi connectivity index (χ1n) is 4.61. The van der Waals surface area contributed by atoms with Crippen LogP contribution in [0.2, 0.25) is 0 Å². The van der Waals surface area contributed by atoms with Crippen LogP contribution in [0.25, 0.3) is 11.2 Å². The Labute approximate surface area is 82.0 Å². The third-order valence-electron chi connectivity index (χ3n) is 2.81. The lowest BCUT2D eigenvalue weighted by molar-refractivity contribution is 0.598. The molecule has 3 heterocycles. The highest BCUT2D eigenvalue weighted by Crippen LogP contribution is 2.45. The van der Waals surface area contributed by atoms with Crippen molar-refractivity contribution >= 4 is 21.0 Å². The summed E-state index contributed by atoms with van der Waals surface area (Å²) in [6.07, 6.45) is 0. The van der Waals surface area contributed by atoms with Gasteiger partial charge in [0.25, 0.3) is 0 Å². The standard InChI is InChI=1S/C10H10O3S/c1-5(2)9-6-4-14(11,12)8-3-7(9)13-10(6)8/h3,5H,4H2,1-2H3. The number of sulfone groups is 1. The number of furan rings is 2. The Hall–Kier alpha value is -1.03. The zero-order valence-electron chi connectivity index (χ0n) is 7.99. The Balaban J connectivity index is 2.43. The molecule has 1 aliphatic rings. The predicted molar refractivity (Wildman–Crippen MR) is 52.4 cm³/mol. The van der Waals surface area contributed by atoms with Gasteiger partial charge in [-0.15, -0.1) is 0 Å². The quantitative estimate of drug-likeness (QED) is 0.725. The van der Waals surface area contributed by atoms with Gasteiger partial charge in [0.1, 0.15) is 10.5 Å². The molecule has 74 valence electrons. The maximum atomic E-state index is 11.6. The van der Waals surface area contributed by atoms with Gasteiger partial charge in [-0.2, -0.15) is 0 Å². The number of hydrogen-bond donors (Lipinski definition) is 0. The molecule has 0 spiro atoms. The Morgan fingerprint density at radius 2 is 2.14 bits per heavy atom. The van der Waals surface area contributed by atoms with Crippen molar-refractivity contribution in [2.75, 3.05) is 0 Å². The molecule has 0 aromatic carbocycles. The molecule has 4 heteroatoms. The molecule has 0 saturated heterocycles. The van der Waals surface area contributed by atoms with Gasteiger partial charge >= 0.3 is 0 Å². The zero-order chi connectivity index (χ0) is 10.1. The molecule has 0 fully saturated rings. The lowest BCUT2D eigenvalue weighted by Gasteiger charge is -2.02. The molecule has 3 nitrogen and oxygen atoms in total. The van der Waals surface area contributed by atoms with Crippen LogP contribution in [0, 0.1) is 0 Å². The maximum Gasteiger partial charge on any atom is 0.186 e. The van der Waals surface area contributed by atoms with Crippen LogP contribution in [0.4, 0.5) is 0 Å². The van der Waals surface area contributed by atoms with Gasteiger partial charge in [-0.3, -0.25) is 0 Å². The molecule has 0 saturated carbocycles. The number of rotatable bonds is 1. The molecule has 2 bridgehead atoms. The number of benzene rings is 1. The molecule has 2 aromatic rings.